The Labute approximate surface area is 200 Å². The van der Waals surface area contributed by atoms with Gasteiger partial charge in [0.15, 0.2) is 5.13 Å². The van der Waals surface area contributed by atoms with Gasteiger partial charge in [0.2, 0.25) is 5.91 Å². The second-order valence-corrected chi connectivity index (χ2v) is 9.87. The number of H-pyrrole nitrogens is 1. The second-order valence-electron chi connectivity index (χ2n) is 8.05. The lowest BCUT2D eigenvalue weighted by molar-refractivity contribution is -0.133. The standard InChI is InChI=1S/C24H25N5O2S2/c30-22(21-7-3-13-32-21)27-20(15-17-16-26-19-6-2-1-5-18(17)19)23(31)28-9-4-10-29(12-11-28)24-25-8-14-33-24/h1-3,5-8,13-14,16,20,26H,4,9-12,15H2,(H,27,30). The Morgan fingerprint density at radius 2 is 1.97 bits per heavy atom. The first-order valence-corrected chi connectivity index (χ1v) is 12.8. The number of carbonyl (C=O) groups excluding carboxylic acids is 2. The van der Waals surface area contributed by atoms with Crippen LogP contribution in [0.4, 0.5) is 5.13 Å². The zero-order valence-electron chi connectivity index (χ0n) is 18.1. The molecule has 1 atom stereocenters. The summed E-state index contributed by atoms with van der Waals surface area (Å²) in [4.78, 5) is 39.0. The van der Waals surface area contributed by atoms with Crippen LogP contribution in [0.5, 0.6) is 0 Å². The van der Waals surface area contributed by atoms with E-state index in [9.17, 15) is 9.59 Å². The zero-order valence-corrected chi connectivity index (χ0v) is 19.7. The Kier molecular flexibility index (Phi) is 6.41. The fraction of sp³-hybridized carbons (Fsp3) is 0.292. The lowest BCUT2D eigenvalue weighted by atomic mass is 10.0. The van der Waals surface area contributed by atoms with Crippen LogP contribution in [0.1, 0.15) is 21.7 Å². The number of hydrogen-bond acceptors (Lipinski definition) is 6. The number of nitrogens with one attached hydrogen (secondary N) is 2. The number of benzene rings is 1. The van der Waals surface area contributed by atoms with Gasteiger partial charge in [-0.15, -0.1) is 22.7 Å². The number of aromatic amines is 1. The average Bonchev–Trinajstić information content (AvgIpc) is 3.59. The number of rotatable bonds is 6. The third-order valence-corrected chi connectivity index (χ3v) is 7.65. The molecule has 9 heteroatoms. The van der Waals surface area contributed by atoms with E-state index in [1.807, 2.05) is 58.4 Å². The van der Waals surface area contributed by atoms with Crippen molar-refractivity contribution in [2.24, 2.45) is 0 Å². The molecular weight excluding hydrogens is 454 g/mol. The maximum absolute atomic E-state index is 13.7. The predicted octanol–water partition coefficient (Wildman–Crippen LogP) is 3.77. The number of hydrogen-bond donors (Lipinski definition) is 2. The number of carbonyl (C=O) groups is 2. The minimum absolute atomic E-state index is 0.0359. The van der Waals surface area contributed by atoms with Gasteiger partial charge in [0.1, 0.15) is 6.04 Å². The highest BCUT2D eigenvalue weighted by Crippen LogP contribution is 2.22. The van der Waals surface area contributed by atoms with Gasteiger partial charge in [-0.05, 0) is 29.5 Å². The maximum Gasteiger partial charge on any atom is 0.262 e. The molecule has 1 unspecified atom stereocenters. The van der Waals surface area contributed by atoms with Crippen LogP contribution in [-0.4, -0.2) is 58.9 Å². The molecule has 1 aliphatic rings. The summed E-state index contributed by atoms with van der Waals surface area (Å²) in [5.74, 6) is -0.242. The number of para-hydroxylation sites is 1. The van der Waals surface area contributed by atoms with Crippen LogP contribution in [0.25, 0.3) is 10.9 Å². The van der Waals surface area contributed by atoms with Crippen LogP contribution in [0.15, 0.2) is 59.6 Å². The molecule has 2 amide bonds. The highest BCUT2D eigenvalue weighted by atomic mass is 32.1. The van der Waals surface area contributed by atoms with Crippen LogP contribution in [-0.2, 0) is 11.2 Å². The van der Waals surface area contributed by atoms with E-state index in [1.165, 1.54) is 11.3 Å². The van der Waals surface area contributed by atoms with Crippen LogP contribution in [0, 0.1) is 0 Å². The van der Waals surface area contributed by atoms with Gasteiger partial charge in [-0.3, -0.25) is 9.59 Å². The number of thiazole rings is 1. The van der Waals surface area contributed by atoms with Crippen molar-refractivity contribution in [2.75, 3.05) is 31.1 Å². The van der Waals surface area contributed by atoms with Gasteiger partial charge in [0.25, 0.3) is 5.91 Å². The molecule has 1 fully saturated rings. The smallest absolute Gasteiger partial charge is 0.262 e. The molecule has 33 heavy (non-hydrogen) atoms. The molecule has 0 radical (unpaired) electrons. The molecule has 1 aromatic carbocycles. The number of anilines is 1. The number of amides is 2. The topological polar surface area (TPSA) is 81.3 Å². The van der Waals surface area contributed by atoms with Crippen LogP contribution in [0.3, 0.4) is 0 Å². The molecule has 3 aromatic heterocycles. The lowest BCUT2D eigenvalue weighted by Gasteiger charge is -2.27. The molecule has 1 aliphatic heterocycles. The summed E-state index contributed by atoms with van der Waals surface area (Å²) in [5.41, 5.74) is 2.05. The van der Waals surface area contributed by atoms with Gasteiger partial charge in [0.05, 0.1) is 4.88 Å². The van der Waals surface area contributed by atoms with Gasteiger partial charge >= 0.3 is 0 Å². The maximum atomic E-state index is 13.7. The van der Waals surface area contributed by atoms with Crippen molar-refractivity contribution in [2.45, 2.75) is 18.9 Å². The minimum Gasteiger partial charge on any atom is -0.361 e. The summed E-state index contributed by atoms with van der Waals surface area (Å²) in [6, 6.07) is 11.0. The summed E-state index contributed by atoms with van der Waals surface area (Å²) in [7, 11) is 0. The van der Waals surface area contributed by atoms with E-state index in [-0.39, 0.29) is 11.8 Å². The molecule has 0 aliphatic carbocycles. The molecule has 1 saturated heterocycles. The Morgan fingerprint density at radius 3 is 2.79 bits per heavy atom. The zero-order chi connectivity index (χ0) is 22.6. The van der Waals surface area contributed by atoms with E-state index >= 15 is 0 Å². The van der Waals surface area contributed by atoms with Crippen molar-refractivity contribution in [1.82, 2.24) is 20.2 Å². The quantitative estimate of drug-likeness (QED) is 0.441. The van der Waals surface area contributed by atoms with Crippen molar-refractivity contribution in [3.05, 3.63) is 70.0 Å². The van der Waals surface area contributed by atoms with E-state index in [2.05, 4.69) is 20.2 Å². The molecule has 4 heterocycles. The summed E-state index contributed by atoms with van der Waals surface area (Å²) < 4.78 is 0. The predicted molar refractivity (Wildman–Crippen MR) is 133 cm³/mol. The van der Waals surface area contributed by atoms with E-state index in [1.54, 1.807) is 17.4 Å². The number of aromatic nitrogens is 2. The normalized spacial score (nSPS) is 15.4. The van der Waals surface area contributed by atoms with Crippen LogP contribution < -0.4 is 10.2 Å². The highest BCUT2D eigenvalue weighted by Gasteiger charge is 2.29. The van der Waals surface area contributed by atoms with Crippen molar-refractivity contribution in [1.29, 1.82) is 0 Å². The fourth-order valence-electron chi connectivity index (χ4n) is 4.28. The van der Waals surface area contributed by atoms with Gasteiger partial charge < -0.3 is 20.1 Å². The Hall–Kier alpha value is -3.17. The molecule has 170 valence electrons. The van der Waals surface area contributed by atoms with E-state index in [4.69, 9.17) is 0 Å². The van der Waals surface area contributed by atoms with Crippen molar-refractivity contribution in [3.8, 4) is 0 Å². The third kappa shape index (κ3) is 4.79. The lowest BCUT2D eigenvalue weighted by Crippen LogP contribution is -2.50. The molecular formula is C24H25N5O2S2. The van der Waals surface area contributed by atoms with E-state index in [0.717, 1.165) is 41.1 Å². The summed E-state index contributed by atoms with van der Waals surface area (Å²) >= 11 is 2.99. The van der Waals surface area contributed by atoms with Crippen LogP contribution in [0.2, 0.25) is 0 Å². The Balaban J connectivity index is 1.36. The number of nitrogens with zero attached hydrogens (tertiary/aromatic N) is 3. The molecule has 0 spiro atoms. The van der Waals surface area contributed by atoms with E-state index < -0.39 is 6.04 Å². The fourth-order valence-corrected chi connectivity index (χ4v) is 5.60. The van der Waals surface area contributed by atoms with Gasteiger partial charge in [0, 0.05) is 61.3 Å². The monoisotopic (exact) mass is 479 g/mol. The van der Waals surface area contributed by atoms with Gasteiger partial charge in [-0.1, -0.05) is 24.3 Å². The van der Waals surface area contributed by atoms with Gasteiger partial charge in [-0.2, -0.15) is 0 Å². The minimum atomic E-state index is -0.634. The van der Waals surface area contributed by atoms with Crippen LogP contribution >= 0.6 is 22.7 Å². The molecule has 0 bridgehead atoms. The second kappa shape index (κ2) is 9.76. The first kappa shape index (κ1) is 21.7. The SMILES string of the molecule is O=C(NC(Cc1c[nH]c2ccccc12)C(=O)N1CCCN(c2nccs2)CC1)c1cccs1. The average molecular weight is 480 g/mol. The number of fused-ring (bicyclic) bond motifs is 1. The van der Waals surface area contributed by atoms with Crippen molar-refractivity contribution < 1.29 is 9.59 Å². The van der Waals surface area contributed by atoms with Crippen molar-refractivity contribution >= 4 is 50.5 Å². The first-order chi connectivity index (χ1) is 16.2. The number of thiophene rings is 1. The Morgan fingerprint density at radius 1 is 1.06 bits per heavy atom. The third-order valence-electron chi connectivity index (χ3n) is 5.94. The molecule has 4 aromatic rings. The summed E-state index contributed by atoms with van der Waals surface area (Å²) in [5, 5.41) is 8.93. The molecule has 5 rings (SSSR count). The molecule has 0 saturated carbocycles. The summed E-state index contributed by atoms with van der Waals surface area (Å²) in [6.07, 6.45) is 5.05. The van der Waals surface area contributed by atoms with E-state index in [0.29, 0.717) is 24.4 Å². The van der Waals surface area contributed by atoms with Gasteiger partial charge in [-0.25, -0.2) is 4.98 Å². The Bertz CT molecular complexity index is 1220. The highest BCUT2D eigenvalue weighted by molar-refractivity contribution is 7.13. The van der Waals surface area contributed by atoms with Crippen molar-refractivity contribution in [3.63, 3.8) is 0 Å². The molecule has 2 N–H and O–H groups in total. The summed E-state index contributed by atoms with van der Waals surface area (Å²) in [6.45, 7) is 2.88. The first-order valence-electron chi connectivity index (χ1n) is 11.0. The largest absolute Gasteiger partial charge is 0.361 e. The molecule has 7 nitrogen and oxygen atoms in total.